The summed E-state index contributed by atoms with van der Waals surface area (Å²) in [5, 5.41) is 14.8. The summed E-state index contributed by atoms with van der Waals surface area (Å²) in [6.07, 6.45) is 2.54. The molecule has 2 aliphatic rings. The Kier molecular flexibility index (Phi) is 8.43. The van der Waals surface area contributed by atoms with Gasteiger partial charge >= 0.3 is 0 Å². The van der Waals surface area contributed by atoms with E-state index in [4.69, 9.17) is 0 Å². The number of ketones is 2. The molecule has 2 aromatic carbocycles. The van der Waals surface area contributed by atoms with E-state index in [1.807, 2.05) is 24.3 Å². The fourth-order valence-electron chi connectivity index (χ4n) is 4.42. The standard InChI is InChI=1S/C13H14BrNO3.C12H12BrNO2/c1-8(17)15-13(7-16)6-5-9-10(12(13)18)3-2-4-11(9)14;1-7(15)14-11-6-5-8-9(12(11)16)3-2-4-10(8)13/h2-4,16H,5-7H2,1H3,(H,15,17);2-4,11H,5-6H2,1H3,(H,14,15). The highest BCUT2D eigenvalue weighted by atomic mass is 79.9. The Labute approximate surface area is 215 Å². The van der Waals surface area contributed by atoms with E-state index in [0.717, 1.165) is 32.1 Å². The summed E-state index contributed by atoms with van der Waals surface area (Å²) < 4.78 is 1.86. The van der Waals surface area contributed by atoms with Crippen molar-refractivity contribution in [1.29, 1.82) is 0 Å². The van der Waals surface area contributed by atoms with Gasteiger partial charge in [0.05, 0.1) is 12.6 Å². The highest BCUT2D eigenvalue weighted by molar-refractivity contribution is 9.10. The van der Waals surface area contributed by atoms with E-state index in [-0.39, 0.29) is 36.0 Å². The van der Waals surface area contributed by atoms with Crippen LogP contribution in [0, 0.1) is 0 Å². The van der Waals surface area contributed by atoms with Crippen LogP contribution in [-0.4, -0.2) is 46.7 Å². The van der Waals surface area contributed by atoms with Crippen molar-refractivity contribution in [3.63, 3.8) is 0 Å². The molecular formula is C25H26Br2N2O5. The van der Waals surface area contributed by atoms with Crippen LogP contribution in [0.2, 0.25) is 0 Å². The normalized spacial score (nSPS) is 20.9. The van der Waals surface area contributed by atoms with Gasteiger partial charge < -0.3 is 15.7 Å². The highest BCUT2D eigenvalue weighted by Gasteiger charge is 2.43. The molecule has 34 heavy (non-hydrogen) atoms. The Hall–Kier alpha value is -2.36. The molecule has 0 radical (unpaired) electrons. The first-order valence-corrected chi connectivity index (χ1v) is 12.5. The van der Waals surface area contributed by atoms with Crippen molar-refractivity contribution >= 4 is 55.2 Å². The minimum Gasteiger partial charge on any atom is -0.393 e. The first-order valence-electron chi connectivity index (χ1n) is 10.9. The topological polar surface area (TPSA) is 113 Å². The van der Waals surface area contributed by atoms with Gasteiger partial charge in [0.2, 0.25) is 11.8 Å². The maximum Gasteiger partial charge on any atom is 0.217 e. The molecule has 0 aromatic heterocycles. The summed E-state index contributed by atoms with van der Waals surface area (Å²) in [6.45, 7) is 2.40. The Morgan fingerprint density at radius 2 is 1.56 bits per heavy atom. The molecule has 2 unspecified atom stereocenters. The lowest BCUT2D eigenvalue weighted by Crippen LogP contribution is -2.58. The Morgan fingerprint density at radius 1 is 0.971 bits per heavy atom. The maximum absolute atomic E-state index is 12.5. The highest BCUT2D eigenvalue weighted by Crippen LogP contribution is 2.33. The van der Waals surface area contributed by atoms with E-state index >= 15 is 0 Å². The molecular weight excluding hydrogens is 568 g/mol. The van der Waals surface area contributed by atoms with Crippen molar-refractivity contribution < 1.29 is 24.3 Å². The van der Waals surface area contributed by atoms with Crippen molar-refractivity contribution in [2.45, 2.75) is 51.1 Å². The molecule has 0 spiro atoms. The zero-order valence-electron chi connectivity index (χ0n) is 18.9. The zero-order chi connectivity index (χ0) is 25.0. The summed E-state index contributed by atoms with van der Waals surface area (Å²) in [4.78, 5) is 46.7. The van der Waals surface area contributed by atoms with Crippen LogP contribution >= 0.6 is 31.9 Å². The van der Waals surface area contributed by atoms with Gasteiger partial charge in [-0.15, -0.1) is 0 Å². The molecule has 0 heterocycles. The van der Waals surface area contributed by atoms with Gasteiger partial charge in [-0.25, -0.2) is 0 Å². The number of rotatable bonds is 3. The number of amides is 2. The predicted molar refractivity (Wildman–Crippen MR) is 135 cm³/mol. The third-order valence-electron chi connectivity index (χ3n) is 6.05. The van der Waals surface area contributed by atoms with Crippen LogP contribution in [0.5, 0.6) is 0 Å². The molecule has 9 heteroatoms. The van der Waals surface area contributed by atoms with Crippen molar-refractivity contribution in [1.82, 2.24) is 10.6 Å². The first-order chi connectivity index (χ1) is 16.1. The summed E-state index contributed by atoms with van der Waals surface area (Å²) >= 11 is 6.86. The second-order valence-electron chi connectivity index (χ2n) is 8.44. The van der Waals surface area contributed by atoms with Gasteiger partial charge in [0.15, 0.2) is 11.6 Å². The van der Waals surface area contributed by atoms with Crippen LogP contribution in [0.4, 0.5) is 0 Å². The number of halogens is 2. The largest absolute Gasteiger partial charge is 0.393 e. The van der Waals surface area contributed by atoms with Crippen molar-refractivity contribution in [3.8, 4) is 0 Å². The molecule has 0 aliphatic heterocycles. The van der Waals surface area contributed by atoms with Crippen molar-refractivity contribution in [2.24, 2.45) is 0 Å². The predicted octanol–water partition coefficient (Wildman–Crippen LogP) is 3.53. The molecule has 2 amide bonds. The minimum absolute atomic E-state index is 0.0118. The maximum atomic E-state index is 12.5. The lowest BCUT2D eigenvalue weighted by atomic mass is 9.77. The average molecular weight is 594 g/mol. The number of fused-ring (bicyclic) bond motifs is 2. The van der Waals surface area contributed by atoms with Gasteiger partial charge in [0.1, 0.15) is 5.54 Å². The van der Waals surface area contributed by atoms with Crippen LogP contribution in [0.25, 0.3) is 0 Å². The summed E-state index contributed by atoms with van der Waals surface area (Å²) in [7, 11) is 0. The zero-order valence-corrected chi connectivity index (χ0v) is 22.1. The Bertz CT molecular complexity index is 1150. The van der Waals surface area contributed by atoms with Gasteiger partial charge in [0, 0.05) is 33.9 Å². The number of Topliss-reactive ketones (excluding diaryl/α,β-unsaturated/α-hetero) is 2. The third kappa shape index (κ3) is 5.47. The summed E-state index contributed by atoms with van der Waals surface area (Å²) in [5.41, 5.74) is 2.11. The van der Waals surface area contributed by atoms with Gasteiger partial charge in [-0.1, -0.05) is 56.1 Å². The van der Waals surface area contributed by atoms with Crippen molar-refractivity contribution in [3.05, 3.63) is 67.6 Å². The number of nitrogens with one attached hydrogen (secondary N) is 2. The monoisotopic (exact) mass is 592 g/mol. The number of carbonyl (C=O) groups excluding carboxylic acids is 4. The number of hydrogen-bond acceptors (Lipinski definition) is 5. The molecule has 0 saturated heterocycles. The van der Waals surface area contributed by atoms with Crippen LogP contribution in [0.15, 0.2) is 45.3 Å². The number of aliphatic hydroxyl groups is 1. The van der Waals surface area contributed by atoms with E-state index in [2.05, 4.69) is 42.5 Å². The number of benzene rings is 2. The SMILES string of the molecule is CC(=O)NC1(CO)CCc2c(Br)cccc2C1=O.CC(=O)NC1CCc2c(Br)cccc2C1=O. The van der Waals surface area contributed by atoms with Gasteiger partial charge in [0.25, 0.3) is 0 Å². The third-order valence-corrected chi connectivity index (χ3v) is 7.53. The molecule has 0 bridgehead atoms. The smallest absolute Gasteiger partial charge is 0.217 e. The first kappa shape index (κ1) is 26.2. The molecule has 7 nitrogen and oxygen atoms in total. The second kappa shape index (κ2) is 10.9. The van der Waals surface area contributed by atoms with E-state index < -0.39 is 5.54 Å². The van der Waals surface area contributed by atoms with E-state index in [1.165, 1.54) is 13.8 Å². The minimum atomic E-state index is -1.17. The van der Waals surface area contributed by atoms with Crippen molar-refractivity contribution in [2.75, 3.05) is 6.61 Å². The molecule has 2 aromatic rings. The fourth-order valence-corrected chi connectivity index (χ4v) is 5.54. The average Bonchev–Trinajstić information content (AvgIpc) is 2.78. The molecule has 2 aliphatic carbocycles. The number of aliphatic hydroxyl groups excluding tert-OH is 1. The number of hydrogen-bond donors (Lipinski definition) is 3. The molecule has 0 fully saturated rings. The second-order valence-corrected chi connectivity index (χ2v) is 10.1. The summed E-state index contributed by atoms with van der Waals surface area (Å²) in [5.74, 6) is -0.673. The van der Waals surface area contributed by atoms with Crippen LogP contribution in [0.3, 0.4) is 0 Å². The number of carbonyl (C=O) groups is 4. The molecule has 3 N–H and O–H groups in total. The molecule has 180 valence electrons. The van der Waals surface area contributed by atoms with Gasteiger partial charge in [-0.2, -0.15) is 0 Å². The Morgan fingerprint density at radius 3 is 2.12 bits per heavy atom. The quantitative estimate of drug-likeness (QED) is 0.504. The lowest BCUT2D eigenvalue weighted by Gasteiger charge is -2.35. The van der Waals surface area contributed by atoms with E-state index in [9.17, 15) is 24.3 Å². The van der Waals surface area contributed by atoms with E-state index in [1.54, 1.807) is 12.1 Å². The Balaban J connectivity index is 0.000000192. The molecule has 0 saturated carbocycles. The lowest BCUT2D eigenvalue weighted by molar-refractivity contribution is -0.121. The van der Waals surface area contributed by atoms with Gasteiger partial charge in [-0.3, -0.25) is 19.2 Å². The molecule has 4 rings (SSSR count). The molecule has 2 atom stereocenters. The van der Waals surface area contributed by atoms with Gasteiger partial charge in [-0.05, 0) is 48.9 Å². The van der Waals surface area contributed by atoms with E-state index in [0.29, 0.717) is 24.8 Å². The summed E-state index contributed by atoms with van der Waals surface area (Å²) in [6, 6.07) is 10.6. The van der Waals surface area contributed by atoms with Crippen LogP contribution in [-0.2, 0) is 22.4 Å². The van der Waals surface area contributed by atoms with Crippen LogP contribution in [0.1, 0.15) is 58.5 Å². The fraction of sp³-hybridized carbons (Fsp3) is 0.360. The van der Waals surface area contributed by atoms with Crippen LogP contribution < -0.4 is 10.6 Å².